The first-order valence-corrected chi connectivity index (χ1v) is 10.3. The third-order valence-corrected chi connectivity index (χ3v) is 5.96. The van der Waals surface area contributed by atoms with Gasteiger partial charge in [0, 0.05) is 24.2 Å². The third kappa shape index (κ3) is 3.15. The minimum atomic E-state index is -0.714. The molecule has 4 aromatic rings. The average molecular weight is 424 g/mol. The van der Waals surface area contributed by atoms with E-state index in [1.54, 1.807) is 16.9 Å². The molecule has 7 nitrogen and oxygen atoms in total. The van der Waals surface area contributed by atoms with Gasteiger partial charge in [0.2, 0.25) is 11.7 Å². The number of halogens is 2. The molecule has 0 amide bonds. The van der Waals surface area contributed by atoms with Gasteiger partial charge in [-0.1, -0.05) is 19.0 Å². The Morgan fingerprint density at radius 3 is 2.77 bits per heavy atom. The predicted molar refractivity (Wildman–Crippen MR) is 111 cm³/mol. The van der Waals surface area contributed by atoms with Crippen molar-refractivity contribution in [3.63, 3.8) is 0 Å². The highest BCUT2D eigenvalue weighted by atomic mass is 19.1. The SMILES string of the molecule is CC(C)c1nc(-c2cnn3ccc(N4CCC[C@]4(C)c4cc(F)ccc4F)nc23)no1. The Bertz CT molecular complexity index is 1270. The summed E-state index contributed by atoms with van der Waals surface area (Å²) < 4.78 is 35.6. The number of hydrogen-bond acceptors (Lipinski definition) is 6. The molecule has 0 unspecified atom stereocenters. The van der Waals surface area contributed by atoms with E-state index in [4.69, 9.17) is 9.51 Å². The molecule has 160 valence electrons. The van der Waals surface area contributed by atoms with Crippen LogP contribution < -0.4 is 4.90 Å². The lowest BCUT2D eigenvalue weighted by Crippen LogP contribution is -2.40. The Labute approximate surface area is 177 Å². The van der Waals surface area contributed by atoms with Gasteiger partial charge in [-0.05, 0) is 44.0 Å². The van der Waals surface area contributed by atoms with Crippen molar-refractivity contribution in [2.24, 2.45) is 0 Å². The van der Waals surface area contributed by atoms with Gasteiger partial charge in [0.25, 0.3) is 0 Å². The molecule has 1 fully saturated rings. The predicted octanol–water partition coefficient (Wildman–Crippen LogP) is 4.70. The summed E-state index contributed by atoms with van der Waals surface area (Å²) in [4.78, 5) is 11.3. The average Bonchev–Trinajstić information content (AvgIpc) is 3.47. The lowest BCUT2D eigenvalue weighted by Gasteiger charge is -2.37. The first-order valence-electron chi connectivity index (χ1n) is 10.3. The summed E-state index contributed by atoms with van der Waals surface area (Å²) >= 11 is 0. The van der Waals surface area contributed by atoms with E-state index >= 15 is 0 Å². The Morgan fingerprint density at radius 1 is 1.16 bits per heavy atom. The van der Waals surface area contributed by atoms with Gasteiger partial charge < -0.3 is 9.42 Å². The van der Waals surface area contributed by atoms with Crippen LogP contribution in [0.5, 0.6) is 0 Å². The van der Waals surface area contributed by atoms with Crippen LogP contribution in [0.3, 0.4) is 0 Å². The number of aromatic nitrogens is 5. The Morgan fingerprint density at radius 2 is 2.00 bits per heavy atom. The summed E-state index contributed by atoms with van der Waals surface area (Å²) in [6.45, 7) is 6.56. The van der Waals surface area contributed by atoms with Gasteiger partial charge >= 0.3 is 0 Å². The van der Waals surface area contributed by atoms with E-state index in [0.29, 0.717) is 47.3 Å². The third-order valence-electron chi connectivity index (χ3n) is 5.96. The topological polar surface area (TPSA) is 72.3 Å². The highest BCUT2D eigenvalue weighted by Crippen LogP contribution is 2.42. The van der Waals surface area contributed by atoms with Gasteiger partial charge in [-0.3, -0.25) is 0 Å². The maximum Gasteiger partial charge on any atom is 0.229 e. The van der Waals surface area contributed by atoms with E-state index in [1.807, 2.05) is 31.7 Å². The van der Waals surface area contributed by atoms with E-state index in [9.17, 15) is 8.78 Å². The van der Waals surface area contributed by atoms with E-state index in [1.165, 1.54) is 12.1 Å². The van der Waals surface area contributed by atoms with Crippen molar-refractivity contribution in [2.75, 3.05) is 11.4 Å². The van der Waals surface area contributed by atoms with Crippen molar-refractivity contribution in [3.05, 3.63) is 59.7 Å². The van der Waals surface area contributed by atoms with Gasteiger partial charge in [-0.25, -0.2) is 18.3 Å². The van der Waals surface area contributed by atoms with Crippen molar-refractivity contribution in [3.8, 4) is 11.4 Å². The van der Waals surface area contributed by atoms with Crippen LogP contribution in [0, 0.1) is 11.6 Å². The molecule has 5 rings (SSSR count). The number of hydrogen-bond donors (Lipinski definition) is 0. The van der Waals surface area contributed by atoms with Gasteiger partial charge in [-0.2, -0.15) is 10.1 Å². The van der Waals surface area contributed by atoms with E-state index in [2.05, 4.69) is 15.2 Å². The van der Waals surface area contributed by atoms with Gasteiger partial charge in [0.05, 0.1) is 17.3 Å². The maximum absolute atomic E-state index is 14.7. The summed E-state index contributed by atoms with van der Waals surface area (Å²) in [5.74, 6) is 0.852. The van der Waals surface area contributed by atoms with Crippen molar-refractivity contribution >= 4 is 11.5 Å². The number of nitrogens with zero attached hydrogens (tertiary/aromatic N) is 6. The zero-order valence-electron chi connectivity index (χ0n) is 17.5. The fourth-order valence-corrected chi connectivity index (χ4v) is 4.27. The second-order valence-corrected chi connectivity index (χ2v) is 8.38. The van der Waals surface area contributed by atoms with Crippen molar-refractivity contribution in [2.45, 2.75) is 45.1 Å². The number of fused-ring (bicyclic) bond motifs is 1. The molecular formula is C22H22F2N6O. The summed E-state index contributed by atoms with van der Waals surface area (Å²) in [5, 5.41) is 8.41. The van der Waals surface area contributed by atoms with Gasteiger partial charge in [0.15, 0.2) is 5.65 Å². The number of rotatable bonds is 4. The Kier molecular flexibility index (Phi) is 4.49. The van der Waals surface area contributed by atoms with Crippen LogP contribution in [0.1, 0.15) is 51.0 Å². The van der Waals surface area contributed by atoms with Crippen LogP contribution in [0.4, 0.5) is 14.6 Å². The smallest absolute Gasteiger partial charge is 0.229 e. The molecule has 4 heterocycles. The van der Waals surface area contributed by atoms with Crippen LogP contribution in [-0.2, 0) is 5.54 Å². The minimum Gasteiger partial charge on any atom is -0.347 e. The van der Waals surface area contributed by atoms with Crippen LogP contribution >= 0.6 is 0 Å². The highest BCUT2D eigenvalue weighted by Gasteiger charge is 2.41. The monoisotopic (exact) mass is 424 g/mol. The molecule has 31 heavy (non-hydrogen) atoms. The Balaban J connectivity index is 1.59. The molecule has 0 radical (unpaired) electrons. The summed E-state index contributed by atoms with van der Waals surface area (Å²) in [7, 11) is 0. The van der Waals surface area contributed by atoms with Crippen LogP contribution in [0.15, 0.2) is 41.2 Å². The van der Waals surface area contributed by atoms with E-state index in [0.717, 1.165) is 12.5 Å². The maximum atomic E-state index is 14.7. The highest BCUT2D eigenvalue weighted by molar-refractivity contribution is 5.73. The molecule has 1 atom stereocenters. The zero-order valence-corrected chi connectivity index (χ0v) is 17.5. The summed E-state index contributed by atoms with van der Waals surface area (Å²) in [6, 6.07) is 5.44. The van der Waals surface area contributed by atoms with Crippen LogP contribution in [0.2, 0.25) is 0 Å². The number of anilines is 1. The van der Waals surface area contributed by atoms with Crippen molar-refractivity contribution in [1.82, 2.24) is 24.7 Å². The normalized spacial score (nSPS) is 19.1. The van der Waals surface area contributed by atoms with Crippen molar-refractivity contribution in [1.29, 1.82) is 0 Å². The fraction of sp³-hybridized carbons (Fsp3) is 0.364. The van der Waals surface area contributed by atoms with Crippen LogP contribution in [-0.4, -0.2) is 31.3 Å². The molecule has 0 N–H and O–H groups in total. The quantitative estimate of drug-likeness (QED) is 0.473. The molecule has 1 aliphatic rings. The molecule has 1 aromatic carbocycles. The molecule has 0 saturated carbocycles. The molecule has 3 aromatic heterocycles. The van der Waals surface area contributed by atoms with Crippen molar-refractivity contribution < 1.29 is 13.3 Å². The summed E-state index contributed by atoms with van der Waals surface area (Å²) in [5.41, 5.74) is 0.840. The van der Waals surface area contributed by atoms with E-state index < -0.39 is 17.2 Å². The first-order chi connectivity index (χ1) is 14.9. The number of benzene rings is 1. The summed E-state index contributed by atoms with van der Waals surface area (Å²) in [6.07, 6.45) is 4.98. The molecule has 1 saturated heterocycles. The zero-order chi connectivity index (χ0) is 21.8. The van der Waals surface area contributed by atoms with Gasteiger partial charge in [-0.15, -0.1) is 0 Å². The molecule has 0 aliphatic carbocycles. The van der Waals surface area contributed by atoms with E-state index in [-0.39, 0.29) is 5.92 Å². The lowest BCUT2D eigenvalue weighted by atomic mass is 9.88. The lowest BCUT2D eigenvalue weighted by molar-refractivity contribution is 0.365. The Hall–Kier alpha value is -3.36. The van der Waals surface area contributed by atoms with Gasteiger partial charge in [0.1, 0.15) is 17.5 Å². The standard InChI is InChI=1S/C22H22F2N6O/c1-13(2)21-27-19(28-31-21)15-12-25-30-10-7-18(26-20(15)30)29-9-4-8-22(29,3)16-11-14(23)5-6-17(16)24/h5-7,10-13H,4,8-9H2,1-3H3/t22-/m1/s1. The molecule has 0 bridgehead atoms. The first kappa shape index (κ1) is 19.6. The van der Waals surface area contributed by atoms with Crippen LogP contribution in [0.25, 0.3) is 17.0 Å². The molecule has 0 spiro atoms. The second kappa shape index (κ2) is 7.11. The molecule has 9 heteroatoms. The molecule has 1 aliphatic heterocycles. The largest absolute Gasteiger partial charge is 0.347 e. The molecular weight excluding hydrogens is 402 g/mol. The second-order valence-electron chi connectivity index (χ2n) is 8.38. The fourth-order valence-electron chi connectivity index (χ4n) is 4.27. The minimum absolute atomic E-state index is 0.109.